The maximum absolute atomic E-state index is 11.9. The number of urea groups is 1. The Hall–Kier alpha value is -1.50. The van der Waals surface area contributed by atoms with Crippen LogP contribution in [-0.2, 0) is 6.42 Å². The average Bonchev–Trinajstić information content (AvgIpc) is 2.69. The Morgan fingerprint density at radius 2 is 1.59 bits per heavy atom. The van der Waals surface area contributed by atoms with E-state index in [2.05, 4.69) is 40.2 Å². The van der Waals surface area contributed by atoms with Gasteiger partial charge in [-0.25, -0.2) is 9.78 Å². The van der Waals surface area contributed by atoms with Crippen molar-refractivity contribution < 1.29 is 4.79 Å². The van der Waals surface area contributed by atoms with Crippen molar-refractivity contribution >= 4 is 24.6 Å². The number of thiol groups is 1. The van der Waals surface area contributed by atoms with E-state index in [1.54, 1.807) is 0 Å². The van der Waals surface area contributed by atoms with E-state index in [1.807, 2.05) is 0 Å². The number of hydrogen-bond donors (Lipinski definition) is 4. The number of aromatic nitrogens is 2. The second kappa shape index (κ2) is 17.4. The van der Waals surface area contributed by atoms with Gasteiger partial charge in [0.1, 0.15) is 0 Å². The molecule has 0 saturated carbocycles. The van der Waals surface area contributed by atoms with E-state index >= 15 is 0 Å². The number of aryl methyl sites for hydroxylation is 1. The number of rotatable bonds is 17. The highest BCUT2D eigenvalue weighted by atomic mass is 32.1. The third-order valence-corrected chi connectivity index (χ3v) is 5.25. The molecule has 1 rings (SSSR count). The summed E-state index contributed by atoms with van der Waals surface area (Å²) in [5.41, 5.74) is 0.508. The Bertz CT molecular complexity index is 607. The number of carbonyl (C=O) groups is 1. The standard InChI is InChI=1S/C22H40N4O2S/c1-2-3-4-13-16-23-22(28)26-21-24-19(18-20(27)25-21)15-12-10-8-6-5-7-9-11-14-17-29/h18,29H,2-17H2,1H3,(H3,23,24,25,26,27,28). The molecule has 0 aliphatic rings. The largest absolute Gasteiger partial charge is 0.338 e. The molecule has 7 heteroatoms. The topological polar surface area (TPSA) is 86.9 Å². The molecule has 2 amide bonds. The number of unbranched alkanes of at least 4 members (excludes halogenated alkanes) is 11. The number of carbonyl (C=O) groups excluding carboxylic acids is 1. The molecule has 166 valence electrons. The van der Waals surface area contributed by atoms with E-state index in [0.717, 1.165) is 43.6 Å². The summed E-state index contributed by atoms with van der Waals surface area (Å²) < 4.78 is 0. The molecule has 0 atom stereocenters. The zero-order chi connectivity index (χ0) is 21.2. The third kappa shape index (κ3) is 14.2. The quantitative estimate of drug-likeness (QED) is 0.198. The molecule has 29 heavy (non-hydrogen) atoms. The van der Waals surface area contributed by atoms with Crippen LogP contribution in [0.4, 0.5) is 10.7 Å². The van der Waals surface area contributed by atoms with E-state index in [0.29, 0.717) is 6.54 Å². The second-order valence-electron chi connectivity index (χ2n) is 7.68. The van der Waals surface area contributed by atoms with Crippen molar-refractivity contribution in [1.29, 1.82) is 0 Å². The van der Waals surface area contributed by atoms with Gasteiger partial charge in [-0.15, -0.1) is 0 Å². The number of aromatic amines is 1. The lowest BCUT2D eigenvalue weighted by Gasteiger charge is -2.08. The average molecular weight is 425 g/mol. The predicted octanol–water partition coefficient (Wildman–Crippen LogP) is 5.45. The second-order valence-corrected chi connectivity index (χ2v) is 8.13. The normalized spacial score (nSPS) is 10.8. The van der Waals surface area contributed by atoms with Gasteiger partial charge < -0.3 is 5.32 Å². The Balaban J connectivity index is 2.21. The number of anilines is 1. The number of amides is 2. The lowest BCUT2D eigenvalue weighted by molar-refractivity contribution is 0.251. The minimum atomic E-state index is -0.323. The number of nitrogens with zero attached hydrogens (tertiary/aromatic N) is 1. The SMILES string of the molecule is CCCCCCNC(=O)Nc1nc(CCCCCCCCCCCS)cc(=O)[nH]1. The molecule has 0 fully saturated rings. The molecule has 0 aliphatic carbocycles. The molecule has 0 radical (unpaired) electrons. The first kappa shape index (κ1) is 25.5. The van der Waals surface area contributed by atoms with Crippen LogP contribution in [0.3, 0.4) is 0 Å². The fourth-order valence-electron chi connectivity index (χ4n) is 3.26. The van der Waals surface area contributed by atoms with E-state index in [4.69, 9.17) is 0 Å². The number of H-pyrrole nitrogens is 1. The lowest BCUT2D eigenvalue weighted by Crippen LogP contribution is -2.31. The fraction of sp³-hybridized carbons (Fsp3) is 0.773. The van der Waals surface area contributed by atoms with Gasteiger partial charge in [-0.05, 0) is 31.4 Å². The zero-order valence-electron chi connectivity index (χ0n) is 18.1. The molecule has 0 saturated heterocycles. The molecule has 0 bridgehead atoms. The molecular weight excluding hydrogens is 384 g/mol. The Kier molecular flexibility index (Phi) is 15.3. The smallest absolute Gasteiger partial charge is 0.321 e. The highest BCUT2D eigenvalue weighted by Crippen LogP contribution is 2.11. The van der Waals surface area contributed by atoms with Crippen LogP contribution >= 0.6 is 12.6 Å². The molecule has 0 unspecified atom stereocenters. The highest BCUT2D eigenvalue weighted by Gasteiger charge is 2.06. The summed E-state index contributed by atoms with van der Waals surface area (Å²) in [6.45, 7) is 2.79. The minimum Gasteiger partial charge on any atom is -0.338 e. The summed E-state index contributed by atoms with van der Waals surface area (Å²) in [4.78, 5) is 30.7. The van der Waals surface area contributed by atoms with Gasteiger partial charge in [0.2, 0.25) is 5.95 Å². The van der Waals surface area contributed by atoms with E-state index < -0.39 is 0 Å². The van der Waals surface area contributed by atoms with Crippen molar-refractivity contribution in [2.24, 2.45) is 0 Å². The minimum absolute atomic E-state index is 0.222. The van der Waals surface area contributed by atoms with Crippen LogP contribution in [0.15, 0.2) is 10.9 Å². The number of nitrogens with one attached hydrogen (secondary N) is 3. The van der Waals surface area contributed by atoms with Gasteiger partial charge in [0.05, 0.1) is 0 Å². The van der Waals surface area contributed by atoms with Crippen molar-refractivity contribution in [3.05, 3.63) is 22.1 Å². The van der Waals surface area contributed by atoms with E-state index in [9.17, 15) is 9.59 Å². The third-order valence-electron chi connectivity index (χ3n) is 4.93. The lowest BCUT2D eigenvalue weighted by atomic mass is 10.1. The molecule has 6 nitrogen and oxygen atoms in total. The van der Waals surface area contributed by atoms with Crippen LogP contribution in [0.25, 0.3) is 0 Å². The molecule has 3 N–H and O–H groups in total. The van der Waals surface area contributed by atoms with Crippen molar-refractivity contribution in [1.82, 2.24) is 15.3 Å². The van der Waals surface area contributed by atoms with Crippen LogP contribution < -0.4 is 16.2 Å². The predicted molar refractivity (Wildman–Crippen MR) is 125 cm³/mol. The maximum Gasteiger partial charge on any atom is 0.321 e. The summed E-state index contributed by atoms with van der Waals surface area (Å²) in [5.74, 6) is 1.22. The fourth-order valence-corrected chi connectivity index (χ4v) is 3.48. The van der Waals surface area contributed by atoms with E-state index in [-0.39, 0.29) is 17.5 Å². The highest BCUT2D eigenvalue weighted by molar-refractivity contribution is 7.80. The summed E-state index contributed by atoms with van der Waals surface area (Å²) in [6.07, 6.45) is 16.3. The van der Waals surface area contributed by atoms with Gasteiger partial charge in [0.25, 0.3) is 5.56 Å². The molecule has 0 spiro atoms. The molecule has 0 aliphatic heterocycles. The van der Waals surface area contributed by atoms with Gasteiger partial charge >= 0.3 is 6.03 Å². The van der Waals surface area contributed by atoms with Crippen LogP contribution in [0.2, 0.25) is 0 Å². The van der Waals surface area contributed by atoms with Gasteiger partial charge in [0.15, 0.2) is 0 Å². The van der Waals surface area contributed by atoms with E-state index in [1.165, 1.54) is 63.9 Å². The summed E-state index contributed by atoms with van der Waals surface area (Å²) >= 11 is 4.23. The molecule has 1 aromatic rings. The van der Waals surface area contributed by atoms with Crippen molar-refractivity contribution in [2.45, 2.75) is 96.8 Å². The summed E-state index contributed by atoms with van der Waals surface area (Å²) in [5, 5.41) is 5.43. The van der Waals surface area contributed by atoms with Crippen molar-refractivity contribution in [2.75, 3.05) is 17.6 Å². The Labute approximate surface area is 181 Å². The Morgan fingerprint density at radius 1 is 0.966 bits per heavy atom. The first-order valence-electron chi connectivity index (χ1n) is 11.4. The monoisotopic (exact) mass is 424 g/mol. The Morgan fingerprint density at radius 3 is 2.24 bits per heavy atom. The van der Waals surface area contributed by atoms with Crippen LogP contribution in [0.5, 0.6) is 0 Å². The first-order valence-corrected chi connectivity index (χ1v) is 12.0. The van der Waals surface area contributed by atoms with Crippen LogP contribution in [-0.4, -0.2) is 28.3 Å². The molecule has 1 aromatic heterocycles. The number of hydrogen-bond acceptors (Lipinski definition) is 4. The van der Waals surface area contributed by atoms with Gasteiger partial charge in [-0.1, -0.05) is 71.1 Å². The maximum atomic E-state index is 11.9. The van der Waals surface area contributed by atoms with Gasteiger partial charge in [-0.2, -0.15) is 12.6 Å². The van der Waals surface area contributed by atoms with Crippen molar-refractivity contribution in [3.8, 4) is 0 Å². The summed E-state index contributed by atoms with van der Waals surface area (Å²) in [6, 6.07) is 1.20. The molecule has 0 aromatic carbocycles. The van der Waals surface area contributed by atoms with Gasteiger partial charge in [0, 0.05) is 18.3 Å². The molecular formula is C22H40N4O2S. The van der Waals surface area contributed by atoms with Crippen LogP contribution in [0, 0.1) is 0 Å². The zero-order valence-corrected chi connectivity index (χ0v) is 19.0. The van der Waals surface area contributed by atoms with Crippen molar-refractivity contribution in [3.63, 3.8) is 0 Å². The van der Waals surface area contributed by atoms with Crippen LogP contribution in [0.1, 0.15) is 96.1 Å². The first-order chi connectivity index (χ1) is 14.2. The molecule has 1 heterocycles. The summed E-state index contributed by atoms with van der Waals surface area (Å²) in [7, 11) is 0. The van der Waals surface area contributed by atoms with Gasteiger partial charge in [-0.3, -0.25) is 15.1 Å².